The molecule has 0 saturated carbocycles. The number of halogens is 4. The Kier molecular flexibility index (Phi) is 5.60. The number of nitrogens with one attached hydrogen (secondary N) is 2. The summed E-state index contributed by atoms with van der Waals surface area (Å²) in [6.45, 7) is 2.47. The fraction of sp³-hybridized carbons (Fsp3) is 0.385. The fourth-order valence-electron chi connectivity index (χ4n) is 1.65. The third-order valence-corrected chi connectivity index (χ3v) is 2.88. The minimum absolute atomic E-state index is 0.143. The van der Waals surface area contributed by atoms with Gasteiger partial charge in [0.15, 0.2) is 6.04 Å². The molecule has 1 aromatic carbocycles. The van der Waals surface area contributed by atoms with E-state index in [1.54, 1.807) is 0 Å². The van der Waals surface area contributed by atoms with E-state index in [1.165, 1.54) is 38.1 Å². The normalized spacial score (nSPS) is 14.2. The summed E-state index contributed by atoms with van der Waals surface area (Å²) in [6.07, 6.45) is -4.67. The Hall–Kier alpha value is -1.76. The predicted molar refractivity (Wildman–Crippen MR) is 71.7 cm³/mol. The molecule has 116 valence electrons. The molecule has 2 N–H and O–H groups in total. The second kappa shape index (κ2) is 6.80. The molecule has 1 aromatic rings. The number of rotatable bonds is 4. The highest BCUT2D eigenvalue weighted by Gasteiger charge is 2.42. The lowest BCUT2D eigenvalue weighted by Crippen LogP contribution is -2.48. The first-order valence-corrected chi connectivity index (χ1v) is 6.38. The first-order chi connectivity index (χ1) is 9.61. The van der Waals surface area contributed by atoms with Gasteiger partial charge in [0.2, 0.25) is 11.8 Å². The molecular weight excluding hydrogens is 309 g/mol. The topological polar surface area (TPSA) is 58.2 Å². The molecule has 2 atom stereocenters. The number of benzene rings is 1. The number of carbonyl (C=O) groups excluding carboxylic acids is 2. The van der Waals surface area contributed by atoms with Gasteiger partial charge in [-0.1, -0.05) is 23.7 Å². The van der Waals surface area contributed by atoms with Gasteiger partial charge in [0.05, 0.1) is 0 Å². The molecule has 2 amide bonds. The van der Waals surface area contributed by atoms with Gasteiger partial charge in [-0.25, -0.2) is 0 Å². The van der Waals surface area contributed by atoms with E-state index in [2.05, 4.69) is 5.32 Å². The first-order valence-electron chi connectivity index (χ1n) is 6.01. The van der Waals surface area contributed by atoms with Crippen molar-refractivity contribution in [1.29, 1.82) is 0 Å². The van der Waals surface area contributed by atoms with E-state index in [9.17, 15) is 22.8 Å². The van der Waals surface area contributed by atoms with Crippen molar-refractivity contribution in [2.24, 2.45) is 0 Å². The number of amides is 2. The van der Waals surface area contributed by atoms with Gasteiger partial charge >= 0.3 is 6.18 Å². The fourth-order valence-corrected chi connectivity index (χ4v) is 1.77. The van der Waals surface area contributed by atoms with Crippen LogP contribution in [0.25, 0.3) is 0 Å². The van der Waals surface area contributed by atoms with Crippen LogP contribution in [0.3, 0.4) is 0 Å². The van der Waals surface area contributed by atoms with Crippen LogP contribution < -0.4 is 10.6 Å². The van der Waals surface area contributed by atoms with Crippen LogP contribution in [-0.4, -0.2) is 24.0 Å². The number of carbonyl (C=O) groups is 2. The van der Waals surface area contributed by atoms with Gasteiger partial charge in [0.25, 0.3) is 0 Å². The molecule has 0 bridgehead atoms. The Bertz CT molecular complexity index is 517. The van der Waals surface area contributed by atoms with Gasteiger partial charge in [-0.2, -0.15) is 13.2 Å². The maximum atomic E-state index is 13.1. The van der Waals surface area contributed by atoms with Gasteiger partial charge in [-0.05, 0) is 24.6 Å². The van der Waals surface area contributed by atoms with Gasteiger partial charge < -0.3 is 10.6 Å². The zero-order valence-electron chi connectivity index (χ0n) is 11.3. The van der Waals surface area contributed by atoms with Crippen LogP contribution in [0, 0.1) is 0 Å². The molecule has 21 heavy (non-hydrogen) atoms. The van der Waals surface area contributed by atoms with Gasteiger partial charge in [0, 0.05) is 11.9 Å². The lowest BCUT2D eigenvalue weighted by molar-refractivity contribution is -0.164. The molecule has 0 unspecified atom stereocenters. The molecule has 0 spiro atoms. The molecule has 0 aliphatic rings. The maximum absolute atomic E-state index is 13.1. The molecular formula is C13H14ClF3N2O2. The molecule has 0 aliphatic carbocycles. The van der Waals surface area contributed by atoms with Crippen LogP contribution in [0.5, 0.6) is 0 Å². The van der Waals surface area contributed by atoms with Crippen molar-refractivity contribution in [1.82, 2.24) is 10.6 Å². The predicted octanol–water partition coefficient (Wildman–Crippen LogP) is 2.58. The summed E-state index contributed by atoms with van der Waals surface area (Å²) in [5, 5.41) is 4.39. The van der Waals surface area contributed by atoms with Crippen molar-refractivity contribution in [2.45, 2.75) is 32.1 Å². The van der Waals surface area contributed by atoms with Crippen LogP contribution in [0.15, 0.2) is 24.3 Å². The van der Waals surface area contributed by atoms with Crippen molar-refractivity contribution < 1.29 is 22.8 Å². The van der Waals surface area contributed by atoms with Crippen LogP contribution >= 0.6 is 11.6 Å². The van der Waals surface area contributed by atoms with Gasteiger partial charge in [-0.15, -0.1) is 0 Å². The molecule has 0 fully saturated rings. The zero-order valence-corrected chi connectivity index (χ0v) is 12.0. The molecule has 4 nitrogen and oxygen atoms in total. The lowest BCUT2D eigenvalue weighted by Gasteiger charge is -2.24. The third-order valence-electron chi connectivity index (χ3n) is 2.63. The average Bonchev–Trinajstić information content (AvgIpc) is 2.34. The second-order valence-corrected chi connectivity index (χ2v) is 4.89. The van der Waals surface area contributed by atoms with Crippen LogP contribution in [-0.2, 0) is 9.59 Å². The van der Waals surface area contributed by atoms with Crippen LogP contribution in [0.4, 0.5) is 13.2 Å². The third kappa shape index (κ3) is 5.26. The van der Waals surface area contributed by atoms with E-state index in [0.29, 0.717) is 0 Å². The second-order valence-electron chi connectivity index (χ2n) is 4.46. The molecule has 0 aliphatic heterocycles. The Labute approximate surface area is 124 Å². The molecule has 8 heteroatoms. The molecule has 0 radical (unpaired) electrons. The Morgan fingerprint density at radius 1 is 1.14 bits per heavy atom. The Balaban J connectivity index is 2.92. The van der Waals surface area contributed by atoms with E-state index in [4.69, 9.17) is 11.6 Å². The van der Waals surface area contributed by atoms with E-state index in [0.717, 1.165) is 0 Å². The zero-order chi connectivity index (χ0) is 16.2. The first kappa shape index (κ1) is 17.3. The SMILES string of the molecule is CC(=O)N[C@@H](C)C(=O)N[C@H](c1ccc(Cl)cc1)C(F)(F)F. The van der Waals surface area contributed by atoms with E-state index in [1.807, 2.05) is 5.32 Å². The number of alkyl halides is 3. The van der Waals surface area contributed by atoms with E-state index >= 15 is 0 Å². The largest absolute Gasteiger partial charge is 0.412 e. The monoisotopic (exact) mass is 322 g/mol. The molecule has 0 heterocycles. The highest BCUT2D eigenvalue weighted by molar-refractivity contribution is 6.30. The van der Waals surface area contributed by atoms with Crippen molar-refractivity contribution in [3.8, 4) is 0 Å². The molecule has 1 rings (SSSR count). The van der Waals surface area contributed by atoms with E-state index < -0.39 is 30.1 Å². The highest BCUT2D eigenvalue weighted by Crippen LogP contribution is 2.33. The standard InChI is InChI=1S/C13H14ClF3N2O2/c1-7(18-8(2)20)12(21)19-11(13(15,16)17)9-3-5-10(14)6-4-9/h3-7,11H,1-2H3,(H,18,20)(H,19,21)/t7-,11+/m0/s1. The van der Waals surface area contributed by atoms with Crippen molar-refractivity contribution in [3.05, 3.63) is 34.9 Å². The Morgan fingerprint density at radius 2 is 1.67 bits per heavy atom. The van der Waals surface area contributed by atoms with Crippen molar-refractivity contribution in [3.63, 3.8) is 0 Å². The lowest BCUT2D eigenvalue weighted by atomic mass is 10.1. The van der Waals surface area contributed by atoms with Crippen molar-refractivity contribution in [2.75, 3.05) is 0 Å². The van der Waals surface area contributed by atoms with Crippen LogP contribution in [0.2, 0.25) is 5.02 Å². The summed E-state index contributed by atoms with van der Waals surface area (Å²) >= 11 is 5.63. The minimum atomic E-state index is -4.67. The molecule has 0 saturated heterocycles. The minimum Gasteiger partial charge on any atom is -0.345 e. The highest BCUT2D eigenvalue weighted by atomic mass is 35.5. The van der Waals surface area contributed by atoms with Gasteiger partial charge in [0.1, 0.15) is 6.04 Å². The van der Waals surface area contributed by atoms with Crippen molar-refractivity contribution >= 4 is 23.4 Å². The Morgan fingerprint density at radius 3 is 2.10 bits per heavy atom. The summed E-state index contributed by atoms with van der Waals surface area (Å²) in [4.78, 5) is 22.5. The quantitative estimate of drug-likeness (QED) is 0.895. The summed E-state index contributed by atoms with van der Waals surface area (Å²) < 4.78 is 39.2. The average molecular weight is 323 g/mol. The van der Waals surface area contributed by atoms with Crippen LogP contribution in [0.1, 0.15) is 25.5 Å². The number of hydrogen-bond donors (Lipinski definition) is 2. The van der Waals surface area contributed by atoms with E-state index in [-0.39, 0.29) is 10.6 Å². The molecule has 0 aromatic heterocycles. The number of hydrogen-bond acceptors (Lipinski definition) is 2. The maximum Gasteiger partial charge on any atom is 0.412 e. The summed E-state index contributed by atoms with van der Waals surface area (Å²) in [5.41, 5.74) is -0.143. The summed E-state index contributed by atoms with van der Waals surface area (Å²) in [7, 11) is 0. The smallest absolute Gasteiger partial charge is 0.345 e. The van der Waals surface area contributed by atoms with Gasteiger partial charge in [-0.3, -0.25) is 9.59 Å². The summed E-state index contributed by atoms with van der Waals surface area (Å²) in [6, 6.07) is 1.74. The summed E-state index contributed by atoms with van der Waals surface area (Å²) in [5.74, 6) is -1.44.